The van der Waals surface area contributed by atoms with Crippen molar-refractivity contribution in [3.63, 3.8) is 0 Å². The third-order valence-electron chi connectivity index (χ3n) is 5.43. The number of nitrogens with zero attached hydrogens (tertiary/aromatic N) is 2. The van der Waals surface area contributed by atoms with Gasteiger partial charge in [0.1, 0.15) is 0 Å². The van der Waals surface area contributed by atoms with E-state index in [1.165, 1.54) is 41.0 Å². The molecule has 2 aromatic carbocycles. The number of amides is 1. The molecule has 2 aromatic rings. The Kier molecular flexibility index (Phi) is 7.06. The molecule has 1 fully saturated rings. The number of nitrogens with one attached hydrogen (secondary N) is 1. The molecule has 0 atom stereocenters. The summed E-state index contributed by atoms with van der Waals surface area (Å²) in [7, 11) is -3.68. The topological polar surface area (TPSA) is 69.7 Å². The molecular formula is C22H28ClN3O3S. The Labute approximate surface area is 183 Å². The van der Waals surface area contributed by atoms with Crippen LogP contribution in [0.4, 0.5) is 11.4 Å². The second kappa shape index (κ2) is 9.37. The van der Waals surface area contributed by atoms with Crippen LogP contribution < -0.4 is 10.2 Å². The number of rotatable bonds is 7. The summed E-state index contributed by atoms with van der Waals surface area (Å²) < 4.78 is 26.9. The first-order valence-corrected chi connectivity index (χ1v) is 12.1. The normalized spacial score (nSPS) is 14.4. The summed E-state index contributed by atoms with van der Waals surface area (Å²) in [6.07, 6.45) is 2.40. The van der Waals surface area contributed by atoms with Crippen LogP contribution in [0.1, 0.15) is 42.6 Å². The van der Waals surface area contributed by atoms with Gasteiger partial charge in [0.25, 0.3) is 5.91 Å². The molecule has 0 spiro atoms. The lowest BCUT2D eigenvalue weighted by molar-refractivity contribution is 0.102. The first-order chi connectivity index (χ1) is 14.3. The maximum Gasteiger partial charge on any atom is 0.257 e. The fraction of sp³-hybridized carbons (Fsp3) is 0.409. The number of carbonyl (C=O) groups excluding carboxylic acids is 1. The van der Waals surface area contributed by atoms with Gasteiger partial charge in [-0.2, -0.15) is 4.31 Å². The molecule has 30 heavy (non-hydrogen) atoms. The van der Waals surface area contributed by atoms with Crippen molar-refractivity contribution in [1.29, 1.82) is 0 Å². The van der Waals surface area contributed by atoms with E-state index in [1.54, 1.807) is 13.8 Å². The number of hydrogen-bond acceptors (Lipinski definition) is 4. The summed E-state index contributed by atoms with van der Waals surface area (Å²) in [6.45, 7) is 8.38. The van der Waals surface area contributed by atoms with Gasteiger partial charge in [-0.1, -0.05) is 25.4 Å². The van der Waals surface area contributed by atoms with Crippen molar-refractivity contribution in [2.75, 3.05) is 36.4 Å². The zero-order chi connectivity index (χ0) is 21.9. The van der Waals surface area contributed by atoms with Crippen LogP contribution in [0.2, 0.25) is 5.02 Å². The van der Waals surface area contributed by atoms with Crippen molar-refractivity contribution >= 4 is 38.9 Å². The van der Waals surface area contributed by atoms with Gasteiger partial charge in [-0.3, -0.25) is 4.79 Å². The van der Waals surface area contributed by atoms with E-state index in [4.69, 9.17) is 11.6 Å². The molecule has 0 saturated carbocycles. The summed E-state index contributed by atoms with van der Waals surface area (Å²) in [5, 5.41) is 3.05. The highest BCUT2D eigenvalue weighted by Gasteiger charge is 2.24. The number of carbonyl (C=O) groups is 1. The van der Waals surface area contributed by atoms with Crippen LogP contribution in [-0.4, -0.2) is 44.8 Å². The van der Waals surface area contributed by atoms with Crippen molar-refractivity contribution in [2.45, 2.75) is 38.5 Å². The van der Waals surface area contributed by atoms with Gasteiger partial charge in [0.15, 0.2) is 0 Å². The van der Waals surface area contributed by atoms with Crippen molar-refractivity contribution < 1.29 is 13.2 Å². The van der Waals surface area contributed by atoms with Crippen LogP contribution in [0, 0.1) is 6.92 Å². The maximum absolute atomic E-state index is 12.9. The summed E-state index contributed by atoms with van der Waals surface area (Å²) in [5.41, 5.74) is 3.04. The lowest BCUT2D eigenvalue weighted by atomic mass is 10.1. The molecule has 6 nitrogen and oxygen atoms in total. The monoisotopic (exact) mass is 449 g/mol. The minimum absolute atomic E-state index is 0.0568. The highest BCUT2D eigenvalue weighted by molar-refractivity contribution is 7.89. The fourth-order valence-corrected chi connectivity index (χ4v) is 5.48. The first-order valence-electron chi connectivity index (χ1n) is 10.2. The predicted molar refractivity (Wildman–Crippen MR) is 122 cm³/mol. The van der Waals surface area contributed by atoms with Crippen LogP contribution in [-0.2, 0) is 10.0 Å². The average molecular weight is 450 g/mol. The molecule has 0 aromatic heterocycles. The molecule has 0 aliphatic carbocycles. The van der Waals surface area contributed by atoms with Crippen molar-refractivity contribution in [3.05, 3.63) is 52.5 Å². The number of anilines is 2. The number of benzene rings is 2. The van der Waals surface area contributed by atoms with Gasteiger partial charge in [-0.05, 0) is 61.7 Å². The van der Waals surface area contributed by atoms with E-state index in [0.717, 1.165) is 18.7 Å². The van der Waals surface area contributed by atoms with Crippen molar-refractivity contribution in [1.82, 2.24) is 4.31 Å². The Morgan fingerprint density at radius 3 is 2.37 bits per heavy atom. The minimum atomic E-state index is -3.68. The Hall–Kier alpha value is -2.09. The zero-order valence-electron chi connectivity index (χ0n) is 17.6. The average Bonchev–Trinajstić information content (AvgIpc) is 3.23. The Morgan fingerprint density at radius 2 is 1.77 bits per heavy atom. The third-order valence-corrected chi connectivity index (χ3v) is 7.80. The Morgan fingerprint density at radius 1 is 1.10 bits per heavy atom. The Balaban J connectivity index is 1.84. The van der Waals surface area contributed by atoms with Crippen LogP contribution in [0.25, 0.3) is 0 Å². The van der Waals surface area contributed by atoms with Crippen molar-refractivity contribution in [3.8, 4) is 0 Å². The first kappa shape index (κ1) is 22.6. The molecule has 162 valence electrons. The van der Waals surface area contributed by atoms with Gasteiger partial charge in [0.2, 0.25) is 10.0 Å². The predicted octanol–water partition coefficient (Wildman–Crippen LogP) is 4.53. The van der Waals surface area contributed by atoms with E-state index in [0.29, 0.717) is 18.8 Å². The summed E-state index contributed by atoms with van der Waals surface area (Å²) >= 11 is 6.22. The molecule has 3 rings (SSSR count). The number of halogens is 1. The van der Waals surface area contributed by atoms with Gasteiger partial charge in [0.05, 0.1) is 15.5 Å². The molecule has 8 heteroatoms. The summed E-state index contributed by atoms with van der Waals surface area (Å²) in [5.74, 6) is -0.440. The standard InChI is InChI=1S/C22H28ClN3O3S/c1-4-26(5-2)30(28,29)18-9-10-20(23)19(15-18)22(27)24-17-8-11-21(16(3)14-17)25-12-6-7-13-25/h8-11,14-15H,4-7,12-13H2,1-3H3,(H,24,27). The molecule has 1 N–H and O–H groups in total. The van der Waals surface area contributed by atoms with Crippen LogP contribution >= 0.6 is 11.6 Å². The molecule has 0 bridgehead atoms. The zero-order valence-corrected chi connectivity index (χ0v) is 19.2. The lowest BCUT2D eigenvalue weighted by Gasteiger charge is -2.21. The smallest absolute Gasteiger partial charge is 0.257 e. The SMILES string of the molecule is CCN(CC)S(=O)(=O)c1ccc(Cl)c(C(=O)Nc2ccc(N3CCCC3)c(C)c2)c1. The summed E-state index contributed by atoms with van der Waals surface area (Å²) in [6, 6.07) is 10.0. The maximum atomic E-state index is 12.9. The molecule has 0 unspecified atom stereocenters. The second-order valence-corrected chi connectivity index (χ2v) is 9.73. The minimum Gasteiger partial charge on any atom is -0.371 e. The van der Waals surface area contributed by atoms with Gasteiger partial charge in [0, 0.05) is 37.6 Å². The lowest BCUT2D eigenvalue weighted by Crippen LogP contribution is -2.30. The molecular weight excluding hydrogens is 422 g/mol. The van der Waals surface area contributed by atoms with Gasteiger partial charge >= 0.3 is 0 Å². The van der Waals surface area contributed by atoms with E-state index in [2.05, 4.69) is 10.2 Å². The summed E-state index contributed by atoms with van der Waals surface area (Å²) in [4.78, 5) is 15.3. The van der Waals surface area contributed by atoms with Crippen LogP contribution in [0.5, 0.6) is 0 Å². The van der Waals surface area contributed by atoms with E-state index < -0.39 is 15.9 Å². The second-order valence-electron chi connectivity index (χ2n) is 7.38. The molecule has 1 amide bonds. The van der Waals surface area contributed by atoms with Crippen molar-refractivity contribution in [2.24, 2.45) is 0 Å². The van der Waals surface area contributed by atoms with E-state index in [1.807, 2.05) is 25.1 Å². The highest BCUT2D eigenvalue weighted by atomic mass is 35.5. The molecule has 1 heterocycles. The van der Waals surface area contributed by atoms with E-state index in [9.17, 15) is 13.2 Å². The molecule has 1 aliphatic rings. The van der Waals surface area contributed by atoms with Crippen LogP contribution in [0.15, 0.2) is 41.3 Å². The molecule has 0 radical (unpaired) electrons. The highest BCUT2D eigenvalue weighted by Crippen LogP contribution is 2.28. The van der Waals surface area contributed by atoms with E-state index in [-0.39, 0.29) is 15.5 Å². The third kappa shape index (κ3) is 4.63. The number of sulfonamides is 1. The largest absolute Gasteiger partial charge is 0.371 e. The van der Waals surface area contributed by atoms with Gasteiger partial charge < -0.3 is 10.2 Å². The number of hydrogen-bond donors (Lipinski definition) is 1. The van der Waals surface area contributed by atoms with Gasteiger partial charge in [-0.15, -0.1) is 0 Å². The van der Waals surface area contributed by atoms with Crippen LogP contribution in [0.3, 0.4) is 0 Å². The van der Waals surface area contributed by atoms with Gasteiger partial charge in [-0.25, -0.2) is 8.42 Å². The molecule has 1 aliphatic heterocycles. The Bertz CT molecular complexity index is 1030. The fourth-order valence-electron chi connectivity index (χ4n) is 3.80. The molecule has 1 saturated heterocycles. The quantitative estimate of drug-likeness (QED) is 0.674. The van der Waals surface area contributed by atoms with E-state index >= 15 is 0 Å². The number of aryl methyl sites for hydroxylation is 1.